The molecule has 1 aromatic carbocycles. The summed E-state index contributed by atoms with van der Waals surface area (Å²) in [5, 5.41) is 0. The second-order valence-electron chi connectivity index (χ2n) is 7.52. The molecule has 3 amide bonds. The number of imide groups is 1. The van der Waals surface area contributed by atoms with Gasteiger partial charge in [-0.05, 0) is 44.2 Å². The number of ether oxygens (including phenoxy) is 1. The molecule has 0 saturated carbocycles. The summed E-state index contributed by atoms with van der Waals surface area (Å²) in [7, 11) is 0. The molecule has 0 radical (unpaired) electrons. The summed E-state index contributed by atoms with van der Waals surface area (Å²) in [6.45, 7) is 1.99. The molecule has 2 bridgehead atoms. The number of hydrogen-bond donors (Lipinski definition) is 0. The second-order valence-corrected chi connectivity index (χ2v) is 7.52. The number of aryl methyl sites for hydroxylation is 1. The molecule has 1 aromatic rings. The third-order valence-electron chi connectivity index (χ3n) is 5.90. The van der Waals surface area contributed by atoms with E-state index in [0.29, 0.717) is 25.7 Å². The third-order valence-corrected chi connectivity index (χ3v) is 5.90. The van der Waals surface area contributed by atoms with Gasteiger partial charge in [0.1, 0.15) is 5.75 Å². The molecule has 0 N–H and O–H groups in total. The van der Waals surface area contributed by atoms with Gasteiger partial charge >= 0.3 is 0 Å². The standard InChI is InChI=1S/C20H24N2O4/c1-13-4-2-3-5-17(13)26-12-20(25)21-14-6-7-15(21)11-16(10-14)22-18(23)8-9-19(22)24/h2-5,14-16H,6-12H2,1H3. The lowest BCUT2D eigenvalue weighted by molar-refractivity contribution is -0.145. The summed E-state index contributed by atoms with van der Waals surface area (Å²) in [5.41, 5.74) is 1.01. The minimum absolute atomic E-state index is 0.00159. The van der Waals surface area contributed by atoms with Crippen molar-refractivity contribution in [1.29, 1.82) is 0 Å². The summed E-state index contributed by atoms with van der Waals surface area (Å²) in [6.07, 6.45) is 3.93. The molecule has 2 atom stereocenters. The van der Waals surface area contributed by atoms with Crippen LogP contribution >= 0.6 is 0 Å². The molecule has 0 aliphatic carbocycles. The maximum absolute atomic E-state index is 12.8. The van der Waals surface area contributed by atoms with E-state index in [1.54, 1.807) is 0 Å². The van der Waals surface area contributed by atoms with Crippen LogP contribution in [0.4, 0.5) is 0 Å². The Labute approximate surface area is 153 Å². The fraction of sp³-hybridized carbons (Fsp3) is 0.550. The molecule has 6 nitrogen and oxygen atoms in total. The van der Waals surface area contributed by atoms with Crippen LogP contribution in [0.25, 0.3) is 0 Å². The number of carbonyl (C=O) groups excluding carboxylic acids is 3. The number of likely N-dealkylation sites (tertiary alicyclic amines) is 1. The number of carbonyl (C=O) groups is 3. The Hall–Kier alpha value is -2.37. The Morgan fingerprint density at radius 1 is 1.04 bits per heavy atom. The lowest BCUT2D eigenvalue weighted by Crippen LogP contribution is -2.54. The molecule has 3 fully saturated rings. The van der Waals surface area contributed by atoms with Crippen LogP contribution in [-0.2, 0) is 14.4 Å². The van der Waals surface area contributed by atoms with Crippen LogP contribution in [0.1, 0.15) is 44.1 Å². The van der Waals surface area contributed by atoms with E-state index in [1.807, 2.05) is 36.1 Å². The van der Waals surface area contributed by atoms with Crippen molar-refractivity contribution < 1.29 is 19.1 Å². The molecule has 3 aliphatic rings. The van der Waals surface area contributed by atoms with Gasteiger partial charge in [-0.1, -0.05) is 18.2 Å². The van der Waals surface area contributed by atoms with Crippen LogP contribution in [-0.4, -0.2) is 52.3 Å². The maximum Gasteiger partial charge on any atom is 0.261 e. The van der Waals surface area contributed by atoms with Crippen LogP contribution in [0.15, 0.2) is 24.3 Å². The smallest absolute Gasteiger partial charge is 0.261 e. The van der Waals surface area contributed by atoms with Gasteiger partial charge in [-0.2, -0.15) is 0 Å². The topological polar surface area (TPSA) is 66.9 Å². The number of fused-ring (bicyclic) bond motifs is 2. The lowest BCUT2D eigenvalue weighted by Gasteiger charge is -2.41. The minimum Gasteiger partial charge on any atom is -0.484 e. The average Bonchev–Trinajstić information content (AvgIpc) is 3.10. The van der Waals surface area contributed by atoms with Crippen LogP contribution in [0, 0.1) is 6.92 Å². The molecule has 0 aromatic heterocycles. The average molecular weight is 356 g/mol. The van der Waals surface area contributed by atoms with Gasteiger partial charge in [-0.3, -0.25) is 19.3 Å². The van der Waals surface area contributed by atoms with Crippen molar-refractivity contribution in [3.8, 4) is 5.75 Å². The molecule has 138 valence electrons. The highest BCUT2D eigenvalue weighted by Crippen LogP contribution is 2.39. The van der Waals surface area contributed by atoms with E-state index in [0.717, 1.165) is 24.2 Å². The number of rotatable bonds is 4. The number of piperidine rings is 1. The third kappa shape index (κ3) is 2.97. The van der Waals surface area contributed by atoms with Crippen LogP contribution in [0.3, 0.4) is 0 Å². The van der Waals surface area contributed by atoms with Crippen LogP contribution in [0.2, 0.25) is 0 Å². The van der Waals surface area contributed by atoms with Gasteiger partial charge in [0, 0.05) is 31.0 Å². The van der Waals surface area contributed by atoms with E-state index < -0.39 is 0 Å². The maximum atomic E-state index is 12.8. The summed E-state index contributed by atoms with van der Waals surface area (Å²) in [4.78, 5) is 40.2. The number of para-hydroxylation sites is 1. The van der Waals surface area contributed by atoms with Crippen molar-refractivity contribution in [1.82, 2.24) is 9.80 Å². The minimum atomic E-state index is -0.0536. The van der Waals surface area contributed by atoms with Gasteiger partial charge in [0.15, 0.2) is 6.61 Å². The molecule has 2 unspecified atom stereocenters. The number of benzene rings is 1. The number of nitrogens with zero attached hydrogens (tertiary/aromatic N) is 2. The Morgan fingerprint density at radius 2 is 1.65 bits per heavy atom. The van der Waals surface area contributed by atoms with E-state index in [2.05, 4.69) is 0 Å². The quantitative estimate of drug-likeness (QED) is 0.775. The SMILES string of the molecule is Cc1ccccc1OCC(=O)N1C2CCC1CC(N1C(=O)CCC1=O)C2. The Bertz CT molecular complexity index is 717. The van der Waals surface area contributed by atoms with E-state index in [4.69, 9.17) is 4.74 Å². The van der Waals surface area contributed by atoms with Gasteiger partial charge in [0.2, 0.25) is 11.8 Å². The first-order chi connectivity index (χ1) is 12.5. The summed E-state index contributed by atoms with van der Waals surface area (Å²) in [6, 6.07) is 7.83. The fourth-order valence-corrected chi connectivity index (χ4v) is 4.70. The van der Waals surface area contributed by atoms with Gasteiger partial charge in [0.05, 0.1) is 0 Å². The molecule has 0 spiro atoms. The summed E-state index contributed by atoms with van der Waals surface area (Å²) in [5.74, 6) is 0.624. The van der Waals surface area contributed by atoms with Crippen molar-refractivity contribution >= 4 is 17.7 Å². The normalized spacial score (nSPS) is 28.0. The van der Waals surface area contributed by atoms with Crippen molar-refractivity contribution in [3.05, 3.63) is 29.8 Å². The highest BCUT2D eigenvalue weighted by atomic mass is 16.5. The predicted octanol–water partition coefficient (Wildman–Crippen LogP) is 2.04. The molecule has 3 aliphatic heterocycles. The van der Waals surface area contributed by atoms with Crippen LogP contribution in [0.5, 0.6) is 5.75 Å². The first-order valence-corrected chi connectivity index (χ1v) is 9.39. The Kier molecular flexibility index (Phi) is 4.42. The van der Waals surface area contributed by atoms with E-state index in [1.165, 1.54) is 4.90 Å². The number of hydrogen-bond acceptors (Lipinski definition) is 4. The molecule has 3 saturated heterocycles. The molecule has 26 heavy (non-hydrogen) atoms. The van der Waals surface area contributed by atoms with E-state index in [-0.39, 0.29) is 42.5 Å². The van der Waals surface area contributed by atoms with Gasteiger partial charge < -0.3 is 9.64 Å². The van der Waals surface area contributed by atoms with Crippen molar-refractivity contribution in [3.63, 3.8) is 0 Å². The van der Waals surface area contributed by atoms with Crippen molar-refractivity contribution in [2.75, 3.05) is 6.61 Å². The van der Waals surface area contributed by atoms with Crippen LogP contribution < -0.4 is 4.74 Å². The Balaban J connectivity index is 1.40. The molecular formula is C20H24N2O4. The molecule has 6 heteroatoms. The van der Waals surface area contributed by atoms with Gasteiger partial charge in [0.25, 0.3) is 5.91 Å². The highest BCUT2D eigenvalue weighted by Gasteiger charge is 2.47. The lowest BCUT2D eigenvalue weighted by atomic mass is 9.96. The summed E-state index contributed by atoms with van der Waals surface area (Å²) < 4.78 is 5.73. The van der Waals surface area contributed by atoms with Crippen molar-refractivity contribution in [2.24, 2.45) is 0 Å². The molecule has 4 rings (SSSR count). The fourth-order valence-electron chi connectivity index (χ4n) is 4.70. The van der Waals surface area contributed by atoms with Gasteiger partial charge in [-0.25, -0.2) is 0 Å². The second kappa shape index (κ2) is 6.74. The summed E-state index contributed by atoms with van der Waals surface area (Å²) >= 11 is 0. The zero-order valence-corrected chi connectivity index (χ0v) is 15.0. The molecule has 3 heterocycles. The predicted molar refractivity (Wildman–Crippen MR) is 94.4 cm³/mol. The van der Waals surface area contributed by atoms with Gasteiger partial charge in [-0.15, -0.1) is 0 Å². The number of amides is 3. The monoisotopic (exact) mass is 356 g/mol. The highest BCUT2D eigenvalue weighted by molar-refractivity contribution is 6.02. The zero-order chi connectivity index (χ0) is 18.3. The van der Waals surface area contributed by atoms with Crippen molar-refractivity contribution in [2.45, 2.75) is 63.6 Å². The van der Waals surface area contributed by atoms with E-state index in [9.17, 15) is 14.4 Å². The first kappa shape index (κ1) is 17.1. The zero-order valence-electron chi connectivity index (χ0n) is 15.0. The largest absolute Gasteiger partial charge is 0.484 e. The molecular weight excluding hydrogens is 332 g/mol. The van der Waals surface area contributed by atoms with E-state index >= 15 is 0 Å². The first-order valence-electron chi connectivity index (χ1n) is 9.39. The Morgan fingerprint density at radius 3 is 2.27 bits per heavy atom.